The summed E-state index contributed by atoms with van der Waals surface area (Å²) < 4.78 is 10.7. The van der Waals surface area contributed by atoms with Crippen molar-refractivity contribution in [2.75, 3.05) is 24.8 Å². The molecule has 31 heavy (non-hydrogen) atoms. The molecule has 1 fully saturated rings. The molecular weight excluding hydrogens is 394 g/mol. The number of anilines is 1. The quantitative estimate of drug-likeness (QED) is 0.682. The van der Waals surface area contributed by atoms with Gasteiger partial charge < -0.3 is 19.7 Å². The van der Waals surface area contributed by atoms with Crippen LogP contribution in [0.5, 0.6) is 11.5 Å². The first-order chi connectivity index (χ1) is 15.3. The lowest BCUT2D eigenvalue weighted by Crippen LogP contribution is -2.31. The van der Waals surface area contributed by atoms with E-state index in [9.17, 15) is 4.79 Å². The zero-order chi connectivity index (χ0) is 21.0. The summed E-state index contributed by atoms with van der Waals surface area (Å²) in [6.07, 6.45) is 6.78. The van der Waals surface area contributed by atoms with Crippen LogP contribution < -0.4 is 19.7 Å². The Morgan fingerprint density at radius 3 is 2.74 bits per heavy atom. The fourth-order valence-electron chi connectivity index (χ4n) is 3.81. The Kier molecular flexibility index (Phi) is 5.35. The third kappa shape index (κ3) is 4.14. The van der Waals surface area contributed by atoms with Crippen LogP contribution in [0.25, 0.3) is 11.4 Å². The van der Waals surface area contributed by atoms with Crippen molar-refractivity contribution in [1.82, 2.24) is 20.3 Å². The molecule has 1 amide bonds. The number of nitrogens with one attached hydrogen (secondary N) is 1. The number of pyridine rings is 1. The Balaban J connectivity index is 1.39. The Hall–Kier alpha value is -3.68. The maximum absolute atomic E-state index is 13.0. The number of aromatic nitrogens is 3. The van der Waals surface area contributed by atoms with Crippen LogP contribution in [0.4, 0.5) is 5.95 Å². The second kappa shape index (κ2) is 8.59. The lowest BCUT2D eigenvalue weighted by Gasteiger charge is -2.27. The molecular formula is C23H23N5O3. The van der Waals surface area contributed by atoms with Crippen LogP contribution in [0.3, 0.4) is 0 Å². The van der Waals surface area contributed by atoms with Crippen LogP contribution in [0.1, 0.15) is 35.2 Å². The lowest BCUT2D eigenvalue weighted by molar-refractivity contribution is 0.0950. The van der Waals surface area contributed by atoms with Gasteiger partial charge in [0.25, 0.3) is 5.91 Å². The molecule has 4 heterocycles. The van der Waals surface area contributed by atoms with Crippen LogP contribution in [0.15, 0.2) is 48.8 Å². The van der Waals surface area contributed by atoms with E-state index < -0.39 is 0 Å². The van der Waals surface area contributed by atoms with Crippen molar-refractivity contribution >= 4 is 11.9 Å². The highest BCUT2D eigenvalue weighted by Gasteiger charge is 2.21. The molecule has 158 valence electrons. The van der Waals surface area contributed by atoms with Gasteiger partial charge in [0, 0.05) is 32.0 Å². The average molecular weight is 417 g/mol. The number of hydrogen-bond donors (Lipinski definition) is 1. The predicted octanol–water partition coefficient (Wildman–Crippen LogP) is 3.19. The third-order valence-electron chi connectivity index (χ3n) is 5.46. The second-order valence-electron chi connectivity index (χ2n) is 7.57. The van der Waals surface area contributed by atoms with Gasteiger partial charge in [-0.05, 0) is 49.1 Å². The highest BCUT2D eigenvalue weighted by Crippen LogP contribution is 2.32. The number of fused-ring (bicyclic) bond motifs is 1. The summed E-state index contributed by atoms with van der Waals surface area (Å²) in [4.78, 5) is 28.9. The molecule has 1 aromatic carbocycles. The molecule has 0 bridgehead atoms. The van der Waals surface area contributed by atoms with Crippen LogP contribution in [0.2, 0.25) is 0 Å². The first kappa shape index (κ1) is 19.3. The zero-order valence-corrected chi connectivity index (χ0v) is 17.1. The molecule has 0 spiro atoms. The molecule has 0 aliphatic carbocycles. The van der Waals surface area contributed by atoms with Gasteiger partial charge in [-0.1, -0.05) is 12.1 Å². The van der Waals surface area contributed by atoms with E-state index in [1.807, 2.05) is 36.4 Å². The Labute approximate surface area is 180 Å². The van der Waals surface area contributed by atoms with Gasteiger partial charge in [0.15, 0.2) is 11.5 Å². The average Bonchev–Trinajstić information content (AvgIpc) is 3.31. The van der Waals surface area contributed by atoms with Crippen molar-refractivity contribution in [3.63, 3.8) is 0 Å². The molecule has 8 heteroatoms. The maximum atomic E-state index is 13.0. The summed E-state index contributed by atoms with van der Waals surface area (Å²) in [5, 5.41) is 2.96. The molecule has 1 saturated heterocycles. The molecule has 0 radical (unpaired) electrons. The topological polar surface area (TPSA) is 89.5 Å². The minimum atomic E-state index is -0.247. The van der Waals surface area contributed by atoms with E-state index >= 15 is 0 Å². The van der Waals surface area contributed by atoms with Crippen LogP contribution in [-0.2, 0) is 6.54 Å². The summed E-state index contributed by atoms with van der Waals surface area (Å²) in [6.45, 7) is 2.43. The summed E-state index contributed by atoms with van der Waals surface area (Å²) >= 11 is 0. The van der Waals surface area contributed by atoms with Gasteiger partial charge in [-0.2, -0.15) is 0 Å². The van der Waals surface area contributed by atoms with E-state index in [0.29, 0.717) is 40.9 Å². The first-order valence-electron chi connectivity index (χ1n) is 10.5. The minimum absolute atomic E-state index is 0.222. The normalized spacial score (nSPS) is 15.0. The van der Waals surface area contributed by atoms with Gasteiger partial charge in [-0.3, -0.25) is 9.78 Å². The Morgan fingerprint density at radius 2 is 1.90 bits per heavy atom. The van der Waals surface area contributed by atoms with E-state index in [-0.39, 0.29) is 12.7 Å². The van der Waals surface area contributed by atoms with Crippen molar-refractivity contribution in [2.45, 2.75) is 25.8 Å². The SMILES string of the molecule is O=C(NCc1ccc2c(c1)OCO2)c1cnc(N2CCCCC2)nc1-c1ccccn1. The molecule has 2 aliphatic heterocycles. The van der Waals surface area contributed by atoms with Gasteiger partial charge in [0.05, 0.1) is 11.3 Å². The summed E-state index contributed by atoms with van der Waals surface area (Å²) in [6, 6.07) is 11.2. The van der Waals surface area contributed by atoms with E-state index in [4.69, 9.17) is 14.5 Å². The number of piperidine rings is 1. The monoisotopic (exact) mass is 417 g/mol. The van der Waals surface area contributed by atoms with E-state index in [2.05, 4.69) is 20.2 Å². The molecule has 8 nitrogen and oxygen atoms in total. The number of carbonyl (C=O) groups is 1. The fraction of sp³-hybridized carbons (Fsp3) is 0.304. The Morgan fingerprint density at radius 1 is 1.03 bits per heavy atom. The van der Waals surface area contributed by atoms with Gasteiger partial charge in [0.1, 0.15) is 5.69 Å². The van der Waals surface area contributed by atoms with Gasteiger partial charge in [0.2, 0.25) is 12.7 Å². The maximum Gasteiger partial charge on any atom is 0.255 e. The largest absolute Gasteiger partial charge is 0.454 e. The van der Waals surface area contributed by atoms with Gasteiger partial charge in [-0.15, -0.1) is 0 Å². The molecule has 5 rings (SSSR count). The smallest absolute Gasteiger partial charge is 0.255 e. The van der Waals surface area contributed by atoms with Crippen molar-refractivity contribution in [3.05, 3.63) is 59.9 Å². The third-order valence-corrected chi connectivity index (χ3v) is 5.46. The Bertz CT molecular complexity index is 1080. The highest BCUT2D eigenvalue weighted by atomic mass is 16.7. The number of carbonyl (C=O) groups excluding carboxylic acids is 1. The van der Waals surface area contributed by atoms with Crippen LogP contribution in [-0.4, -0.2) is 40.7 Å². The summed E-state index contributed by atoms with van der Waals surface area (Å²) in [7, 11) is 0. The second-order valence-corrected chi connectivity index (χ2v) is 7.57. The summed E-state index contributed by atoms with van der Waals surface area (Å²) in [5.74, 6) is 1.81. The van der Waals surface area contributed by atoms with E-state index in [0.717, 1.165) is 31.5 Å². The molecule has 2 aliphatic rings. The van der Waals surface area contributed by atoms with Gasteiger partial charge in [-0.25, -0.2) is 9.97 Å². The van der Waals surface area contributed by atoms with Crippen LogP contribution in [0, 0.1) is 0 Å². The molecule has 0 atom stereocenters. The number of amides is 1. The molecule has 0 unspecified atom stereocenters. The number of rotatable bonds is 5. The van der Waals surface area contributed by atoms with Crippen molar-refractivity contribution in [2.24, 2.45) is 0 Å². The first-order valence-corrected chi connectivity index (χ1v) is 10.5. The predicted molar refractivity (Wildman–Crippen MR) is 115 cm³/mol. The molecule has 3 aromatic rings. The number of benzene rings is 1. The minimum Gasteiger partial charge on any atom is -0.454 e. The van der Waals surface area contributed by atoms with Gasteiger partial charge >= 0.3 is 0 Å². The number of ether oxygens (including phenoxy) is 2. The van der Waals surface area contributed by atoms with Crippen LogP contribution >= 0.6 is 0 Å². The zero-order valence-electron chi connectivity index (χ0n) is 17.1. The van der Waals surface area contributed by atoms with E-state index in [1.54, 1.807) is 12.4 Å². The molecule has 1 N–H and O–H groups in total. The molecule has 2 aromatic heterocycles. The molecule has 0 saturated carbocycles. The summed E-state index contributed by atoms with van der Waals surface area (Å²) in [5.41, 5.74) is 2.51. The highest BCUT2D eigenvalue weighted by molar-refractivity contribution is 5.99. The van der Waals surface area contributed by atoms with E-state index in [1.165, 1.54) is 6.42 Å². The van der Waals surface area contributed by atoms with Crippen molar-refractivity contribution in [1.29, 1.82) is 0 Å². The standard InChI is InChI=1S/C23H23N5O3/c29-22(25-13-16-7-8-19-20(12-16)31-15-30-19)17-14-26-23(28-10-4-1-5-11-28)27-21(17)18-6-2-3-9-24-18/h2-3,6-9,12,14H,1,4-5,10-11,13,15H2,(H,25,29). The lowest BCUT2D eigenvalue weighted by atomic mass is 10.1. The number of nitrogens with zero attached hydrogens (tertiary/aromatic N) is 4. The van der Waals surface area contributed by atoms with Crippen molar-refractivity contribution < 1.29 is 14.3 Å². The fourth-order valence-corrected chi connectivity index (χ4v) is 3.81. The van der Waals surface area contributed by atoms with Crippen molar-refractivity contribution in [3.8, 4) is 22.9 Å². The number of hydrogen-bond acceptors (Lipinski definition) is 7.